The van der Waals surface area contributed by atoms with Gasteiger partial charge in [-0.1, -0.05) is 49.4 Å². The van der Waals surface area contributed by atoms with Crippen molar-refractivity contribution < 1.29 is 8.42 Å². The van der Waals surface area contributed by atoms with Gasteiger partial charge in [0.25, 0.3) is 0 Å². The van der Waals surface area contributed by atoms with Gasteiger partial charge in [0.2, 0.25) is 10.0 Å². The van der Waals surface area contributed by atoms with Crippen LogP contribution in [-0.4, -0.2) is 20.2 Å². The van der Waals surface area contributed by atoms with Crippen LogP contribution in [0, 0.1) is 11.3 Å². The number of rotatable bonds is 6. The SMILES string of the molecule is CCCS(=O)(=O)NC1CCC=C1c1ccc(-c2ccc(C#N)cc2)cc1. The van der Waals surface area contributed by atoms with E-state index in [1.807, 2.05) is 43.3 Å². The molecule has 0 heterocycles. The molecule has 0 fully saturated rings. The quantitative estimate of drug-likeness (QED) is 0.837. The van der Waals surface area contributed by atoms with Gasteiger partial charge in [-0.3, -0.25) is 0 Å². The molecule has 0 radical (unpaired) electrons. The largest absolute Gasteiger partial charge is 0.212 e. The average Bonchev–Trinajstić information content (AvgIpc) is 3.09. The van der Waals surface area contributed by atoms with E-state index in [1.165, 1.54) is 0 Å². The van der Waals surface area contributed by atoms with Crippen molar-refractivity contribution in [3.63, 3.8) is 0 Å². The van der Waals surface area contributed by atoms with Gasteiger partial charge in [-0.25, -0.2) is 13.1 Å². The van der Waals surface area contributed by atoms with Crippen molar-refractivity contribution in [2.24, 2.45) is 0 Å². The topological polar surface area (TPSA) is 70.0 Å². The highest BCUT2D eigenvalue weighted by Gasteiger charge is 2.24. The van der Waals surface area contributed by atoms with Crippen molar-refractivity contribution in [3.05, 3.63) is 65.7 Å². The highest BCUT2D eigenvalue weighted by molar-refractivity contribution is 7.89. The fourth-order valence-corrected chi connectivity index (χ4v) is 4.62. The van der Waals surface area contributed by atoms with E-state index in [0.717, 1.165) is 35.1 Å². The molecule has 2 aromatic carbocycles. The number of benzene rings is 2. The van der Waals surface area contributed by atoms with Gasteiger partial charge in [0.15, 0.2) is 0 Å². The van der Waals surface area contributed by atoms with Crippen LogP contribution in [0.25, 0.3) is 16.7 Å². The normalized spacial score (nSPS) is 16.9. The van der Waals surface area contributed by atoms with E-state index in [9.17, 15) is 8.42 Å². The Balaban J connectivity index is 1.78. The van der Waals surface area contributed by atoms with Crippen LogP contribution in [0.3, 0.4) is 0 Å². The first kappa shape index (κ1) is 18.4. The van der Waals surface area contributed by atoms with E-state index in [-0.39, 0.29) is 11.8 Å². The number of allylic oxidation sites excluding steroid dienone is 1. The molecular formula is C21H22N2O2S. The van der Waals surface area contributed by atoms with Crippen molar-refractivity contribution in [2.75, 3.05) is 5.75 Å². The van der Waals surface area contributed by atoms with E-state index in [0.29, 0.717) is 12.0 Å². The molecule has 1 aliphatic carbocycles. The van der Waals surface area contributed by atoms with E-state index >= 15 is 0 Å². The first-order valence-corrected chi connectivity index (χ1v) is 10.5. The molecule has 0 amide bonds. The number of nitrogens with one attached hydrogen (secondary N) is 1. The molecule has 0 aromatic heterocycles. The second-order valence-electron chi connectivity index (χ2n) is 6.49. The maximum atomic E-state index is 12.1. The van der Waals surface area contributed by atoms with Gasteiger partial charge in [0.05, 0.1) is 17.4 Å². The molecule has 3 rings (SSSR count). The highest BCUT2D eigenvalue weighted by atomic mass is 32.2. The third kappa shape index (κ3) is 4.21. The Morgan fingerprint density at radius 3 is 2.19 bits per heavy atom. The predicted octanol–water partition coefficient (Wildman–Crippen LogP) is 4.10. The summed E-state index contributed by atoms with van der Waals surface area (Å²) in [5.41, 5.74) is 4.86. The lowest BCUT2D eigenvalue weighted by Crippen LogP contribution is -2.35. The lowest BCUT2D eigenvalue weighted by atomic mass is 9.98. The number of hydrogen-bond donors (Lipinski definition) is 1. The van der Waals surface area contributed by atoms with E-state index in [4.69, 9.17) is 5.26 Å². The lowest BCUT2D eigenvalue weighted by Gasteiger charge is -2.17. The molecule has 0 bridgehead atoms. The van der Waals surface area contributed by atoms with Gasteiger partial charge in [0, 0.05) is 6.04 Å². The van der Waals surface area contributed by atoms with Crippen molar-refractivity contribution in [2.45, 2.75) is 32.2 Å². The molecule has 1 aliphatic rings. The summed E-state index contributed by atoms with van der Waals surface area (Å²) in [5, 5.41) is 8.89. The minimum absolute atomic E-state index is 0.146. The van der Waals surface area contributed by atoms with Crippen LogP contribution in [0.1, 0.15) is 37.3 Å². The molecule has 134 valence electrons. The van der Waals surface area contributed by atoms with E-state index in [1.54, 1.807) is 12.1 Å². The fraction of sp³-hybridized carbons (Fsp3) is 0.286. The van der Waals surface area contributed by atoms with Crippen LogP contribution in [0.4, 0.5) is 0 Å². The predicted molar refractivity (Wildman–Crippen MR) is 105 cm³/mol. The van der Waals surface area contributed by atoms with Crippen molar-refractivity contribution in [3.8, 4) is 17.2 Å². The van der Waals surface area contributed by atoms with E-state index in [2.05, 4.69) is 16.9 Å². The third-order valence-corrected chi connectivity index (χ3v) is 6.14. The Morgan fingerprint density at radius 1 is 1.04 bits per heavy atom. The molecule has 0 saturated carbocycles. The summed E-state index contributed by atoms with van der Waals surface area (Å²) in [6.07, 6.45) is 4.41. The number of sulfonamides is 1. The smallest absolute Gasteiger partial charge is 0.212 e. The Bertz CT molecular complexity index is 937. The molecule has 4 nitrogen and oxygen atoms in total. The first-order chi connectivity index (χ1) is 12.5. The summed E-state index contributed by atoms with van der Waals surface area (Å²) in [6.45, 7) is 1.87. The molecule has 1 atom stereocenters. The standard InChI is InChI=1S/C21H22N2O2S/c1-2-14-26(24,25)23-21-5-3-4-20(21)19-12-10-18(11-13-19)17-8-6-16(15-22)7-9-17/h4,6-13,21,23H,2-3,5,14H2,1H3. The Hall–Kier alpha value is -2.42. The Kier molecular flexibility index (Phi) is 5.55. The van der Waals surface area contributed by atoms with Crippen LogP contribution >= 0.6 is 0 Å². The zero-order chi connectivity index (χ0) is 18.6. The van der Waals surface area contributed by atoms with Crippen molar-refractivity contribution in [1.82, 2.24) is 4.72 Å². The molecule has 0 saturated heterocycles. The average molecular weight is 366 g/mol. The molecule has 0 aliphatic heterocycles. The van der Waals surface area contributed by atoms with Crippen LogP contribution in [0.15, 0.2) is 54.6 Å². The molecule has 26 heavy (non-hydrogen) atoms. The summed E-state index contributed by atoms with van der Waals surface area (Å²) in [7, 11) is -3.23. The van der Waals surface area contributed by atoms with Gasteiger partial charge >= 0.3 is 0 Å². The first-order valence-electron chi connectivity index (χ1n) is 8.83. The third-order valence-electron chi connectivity index (χ3n) is 4.56. The molecule has 1 N–H and O–H groups in total. The van der Waals surface area contributed by atoms with Crippen LogP contribution in [0.5, 0.6) is 0 Å². The maximum Gasteiger partial charge on any atom is 0.212 e. The second kappa shape index (κ2) is 7.86. The number of nitriles is 1. The van der Waals surface area contributed by atoms with E-state index < -0.39 is 10.0 Å². The number of hydrogen-bond acceptors (Lipinski definition) is 3. The molecular weight excluding hydrogens is 344 g/mol. The summed E-state index contributed by atoms with van der Waals surface area (Å²) < 4.78 is 27.0. The van der Waals surface area contributed by atoms with Crippen LogP contribution in [0.2, 0.25) is 0 Å². The van der Waals surface area contributed by atoms with Crippen LogP contribution < -0.4 is 4.72 Å². The fourth-order valence-electron chi connectivity index (χ4n) is 3.28. The highest BCUT2D eigenvalue weighted by Crippen LogP contribution is 2.30. The van der Waals surface area contributed by atoms with Crippen molar-refractivity contribution >= 4 is 15.6 Å². The van der Waals surface area contributed by atoms with Gasteiger partial charge < -0.3 is 0 Å². The summed E-state index contributed by atoms with van der Waals surface area (Å²) in [4.78, 5) is 0. The Labute approximate surface area is 155 Å². The summed E-state index contributed by atoms with van der Waals surface area (Å²) in [5.74, 6) is 0.161. The monoisotopic (exact) mass is 366 g/mol. The minimum Gasteiger partial charge on any atom is -0.212 e. The van der Waals surface area contributed by atoms with Gasteiger partial charge in [-0.15, -0.1) is 0 Å². The summed E-state index contributed by atoms with van der Waals surface area (Å²) in [6, 6.07) is 17.6. The molecule has 1 unspecified atom stereocenters. The lowest BCUT2D eigenvalue weighted by molar-refractivity contribution is 0.569. The molecule has 5 heteroatoms. The van der Waals surface area contributed by atoms with Crippen LogP contribution in [-0.2, 0) is 10.0 Å². The zero-order valence-corrected chi connectivity index (χ0v) is 15.6. The molecule has 0 spiro atoms. The summed E-state index contributed by atoms with van der Waals surface area (Å²) >= 11 is 0. The molecule has 2 aromatic rings. The van der Waals surface area contributed by atoms with Gasteiger partial charge in [-0.2, -0.15) is 5.26 Å². The minimum atomic E-state index is -3.23. The number of nitrogens with zero attached hydrogens (tertiary/aromatic N) is 1. The Morgan fingerprint density at radius 2 is 1.62 bits per heavy atom. The zero-order valence-electron chi connectivity index (χ0n) is 14.8. The van der Waals surface area contributed by atoms with Crippen molar-refractivity contribution in [1.29, 1.82) is 5.26 Å². The van der Waals surface area contributed by atoms with Gasteiger partial charge in [0.1, 0.15) is 0 Å². The van der Waals surface area contributed by atoms with Gasteiger partial charge in [-0.05, 0) is 53.7 Å². The maximum absolute atomic E-state index is 12.1. The second-order valence-corrected chi connectivity index (χ2v) is 8.37.